The van der Waals surface area contributed by atoms with Crippen molar-refractivity contribution in [2.75, 3.05) is 19.0 Å². The van der Waals surface area contributed by atoms with Gasteiger partial charge in [0.2, 0.25) is 0 Å². The van der Waals surface area contributed by atoms with Crippen molar-refractivity contribution in [3.05, 3.63) is 63.2 Å². The molecule has 0 spiro atoms. The van der Waals surface area contributed by atoms with E-state index < -0.39 is 17.8 Å². The lowest BCUT2D eigenvalue weighted by Crippen LogP contribution is -2.14. The first-order chi connectivity index (χ1) is 14.3. The lowest BCUT2D eigenvalue weighted by atomic mass is 10.1. The SMILES string of the molecule is CCOC(=O)c1c(NC(=O)c2ccc(-c3ccc(Cl)cc3)o2)sc(C(=O)OC)c1C. The van der Waals surface area contributed by atoms with Crippen LogP contribution in [0, 0.1) is 6.92 Å². The predicted octanol–water partition coefficient (Wildman–Crippen LogP) is 5.19. The first-order valence-electron chi connectivity index (χ1n) is 8.91. The van der Waals surface area contributed by atoms with Crippen molar-refractivity contribution in [2.24, 2.45) is 0 Å². The Labute approximate surface area is 181 Å². The van der Waals surface area contributed by atoms with Gasteiger partial charge in [0, 0.05) is 10.6 Å². The number of halogens is 1. The van der Waals surface area contributed by atoms with Crippen LogP contribution >= 0.6 is 22.9 Å². The molecule has 0 saturated heterocycles. The van der Waals surface area contributed by atoms with E-state index in [0.717, 1.165) is 16.9 Å². The molecule has 3 aromatic rings. The zero-order valence-electron chi connectivity index (χ0n) is 16.4. The molecule has 0 bridgehead atoms. The lowest BCUT2D eigenvalue weighted by Gasteiger charge is -2.06. The number of furan rings is 1. The molecule has 0 aliphatic carbocycles. The maximum atomic E-state index is 12.7. The molecular weight excluding hydrogens is 430 g/mol. The summed E-state index contributed by atoms with van der Waals surface area (Å²) in [6, 6.07) is 10.1. The Bertz CT molecular complexity index is 1100. The van der Waals surface area contributed by atoms with Crippen LogP contribution in [0.2, 0.25) is 5.02 Å². The van der Waals surface area contributed by atoms with E-state index in [9.17, 15) is 14.4 Å². The molecule has 0 aliphatic heterocycles. The highest BCUT2D eigenvalue weighted by atomic mass is 35.5. The van der Waals surface area contributed by atoms with E-state index in [1.165, 1.54) is 13.2 Å². The largest absolute Gasteiger partial charge is 0.465 e. The number of esters is 2. The van der Waals surface area contributed by atoms with Gasteiger partial charge in [-0.15, -0.1) is 11.3 Å². The molecule has 9 heteroatoms. The first-order valence-corrected chi connectivity index (χ1v) is 10.1. The summed E-state index contributed by atoms with van der Waals surface area (Å²) in [5, 5.41) is 3.40. The third kappa shape index (κ3) is 4.39. The average molecular weight is 448 g/mol. The molecule has 1 N–H and O–H groups in total. The number of hydrogen-bond donors (Lipinski definition) is 1. The number of methoxy groups -OCH3 is 1. The molecular formula is C21H18ClNO6S. The second-order valence-electron chi connectivity index (χ2n) is 6.10. The number of benzene rings is 1. The third-order valence-electron chi connectivity index (χ3n) is 4.18. The summed E-state index contributed by atoms with van der Waals surface area (Å²) in [7, 11) is 1.24. The second kappa shape index (κ2) is 9.15. The fraction of sp³-hybridized carbons (Fsp3) is 0.190. The van der Waals surface area contributed by atoms with Crippen molar-refractivity contribution < 1.29 is 28.3 Å². The topological polar surface area (TPSA) is 94.8 Å². The standard InChI is InChI=1S/C21H18ClNO6S/c1-4-28-20(25)16-11(2)17(21(26)27-3)30-19(16)23-18(24)15-10-9-14(29-15)12-5-7-13(22)8-6-12/h5-10H,4H2,1-3H3,(H,23,24). The van der Waals surface area contributed by atoms with Crippen LogP contribution < -0.4 is 5.32 Å². The fourth-order valence-corrected chi connectivity index (χ4v) is 3.97. The van der Waals surface area contributed by atoms with E-state index in [1.807, 2.05) is 0 Å². The molecule has 1 amide bonds. The molecule has 2 aromatic heterocycles. The summed E-state index contributed by atoms with van der Waals surface area (Å²) in [6.07, 6.45) is 0. The summed E-state index contributed by atoms with van der Waals surface area (Å²) in [4.78, 5) is 37.3. The van der Waals surface area contributed by atoms with Gasteiger partial charge in [-0.3, -0.25) is 4.79 Å². The number of nitrogens with one attached hydrogen (secondary N) is 1. The van der Waals surface area contributed by atoms with Crippen molar-refractivity contribution in [1.29, 1.82) is 0 Å². The molecule has 0 atom stereocenters. The van der Waals surface area contributed by atoms with Gasteiger partial charge in [-0.2, -0.15) is 0 Å². The van der Waals surface area contributed by atoms with Gasteiger partial charge in [0.05, 0.1) is 19.3 Å². The van der Waals surface area contributed by atoms with Crippen molar-refractivity contribution in [1.82, 2.24) is 0 Å². The Balaban J connectivity index is 1.90. The van der Waals surface area contributed by atoms with E-state index in [4.69, 9.17) is 25.5 Å². The van der Waals surface area contributed by atoms with Crippen LogP contribution in [0.4, 0.5) is 5.00 Å². The zero-order chi connectivity index (χ0) is 21.8. The van der Waals surface area contributed by atoms with Gasteiger partial charge in [0.25, 0.3) is 5.91 Å². The minimum absolute atomic E-state index is 0.0421. The quantitative estimate of drug-likeness (QED) is 0.523. The number of anilines is 1. The van der Waals surface area contributed by atoms with Crippen LogP contribution in [0.3, 0.4) is 0 Å². The smallest absolute Gasteiger partial charge is 0.348 e. The number of carbonyl (C=O) groups excluding carboxylic acids is 3. The van der Waals surface area contributed by atoms with E-state index >= 15 is 0 Å². The number of rotatable bonds is 6. The van der Waals surface area contributed by atoms with E-state index in [1.54, 1.807) is 44.2 Å². The Morgan fingerprint density at radius 2 is 1.80 bits per heavy atom. The molecule has 1 aromatic carbocycles. The molecule has 30 heavy (non-hydrogen) atoms. The summed E-state index contributed by atoms with van der Waals surface area (Å²) in [5.74, 6) is -1.29. The molecule has 0 aliphatic rings. The van der Waals surface area contributed by atoms with Crippen molar-refractivity contribution in [3.63, 3.8) is 0 Å². The molecule has 2 heterocycles. The van der Waals surface area contributed by atoms with Gasteiger partial charge in [0.1, 0.15) is 15.6 Å². The van der Waals surface area contributed by atoms with Gasteiger partial charge >= 0.3 is 11.9 Å². The van der Waals surface area contributed by atoms with Crippen LogP contribution in [-0.2, 0) is 9.47 Å². The molecule has 0 unspecified atom stereocenters. The van der Waals surface area contributed by atoms with Crippen LogP contribution in [0.15, 0.2) is 40.8 Å². The normalized spacial score (nSPS) is 10.5. The molecule has 3 rings (SSSR count). The van der Waals surface area contributed by atoms with Gasteiger partial charge in [-0.05, 0) is 55.8 Å². The number of ether oxygens (including phenoxy) is 2. The number of hydrogen-bond acceptors (Lipinski definition) is 7. The Morgan fingerprint density at radius 1 is 1.10 bits per heavy atom. The lowest BCUT2D eigenvalue weighted by molar-refractivity contribution is 0.0527. The molecule has 7 nitrogen and oxygen atoms in total. The van der Waals surface area contributed by atoms with Crippen molar-refractivity contribution in [3.8, 4) is 11.3 Å². The second-order valence-corrected chi connectivity index (χ2v) is 7.55. The maximum absolute atomic E-state index is 12.7. The summed E-state index contributed by atoms with van der Waals surface area (Å²) in [5.41, 5.74) is 1.24. The maximum Gasteiger partial charge on any atom is 0.348 e. The van der Waals surface area contributed by atoms with E-state index in [0.29, 0.717) is 16.3 Å². The number of thiophene rings is 1. The minimum atomic E-state index is -0.641. The zero-order valence-corrected chi connectivity index (χ0v) is 18.0. The van der Waals surface area contributed by atoms with Crippen LogP contribution in [0.5, 0.6) is 0 Å². The highest BCUT2D eigenvalue weighted by Crippen LogP contribution is 2.35. The van der Waals surface area contributed by atoms with Crippen molar-refractivity contribution >= 4 is 45.8 Å². The van der Waals surface area contributed by atoms with Gasteiger partial charge in [-0.25, -0.2) is 9.59 Å². The number of amides is 1. The molecule has 0 radical (unpaired) electrons. The van der Waals surface area contributed by atoms with Crippen LogP contribution in [-0.4, -0.2) is 31.6 Å². The van der Waals surface area contributed by atoms with Crippen LogP contribution in [0.1, 0.15) is 43.1 Å². The first kappa shape index (κ1) is 21.6. The average Bonchev–Trinajstić information content (AvgIpc) is 3.33. The number of carbonyl (C=O) groups is 3. The van der Waals surface area contributed by atoms with Crippen molar-refractivity contribution in [2.45, 2.75) is 13.8 Å². The highest BCUT2D eigenvalue weighted by molar-refractivity contribution is 7.18. The minimum Gasteiger partial charge on any atom is -0.465 e. The fourth-order valence-electron chi connectivity index (χ4n) is 2.73. The predicted molar refractivity (Wildman–Crippen MR) is 113 cm³/mol. The van der Waals surface area contributed by atoms with E-state index in [2.05, 4.69) is 5.32 Å². The Hall–Kier alpha value is -3.10. The summed E-state index contributed by atoms with van der Waals surface area (Å²) in [6.45, 7) is 3.41. The Kier molecular flexibility index (Phi) is 6.59. The molecule has 156 valence electrons. The summed E-state index contributed by atoms with van der Waals surface area (Å²) >= 11 is 6.83. The monoisotopic (exact) mass is 447 g/mol. The van der Waals surface area contributed by atoms with Crippen LogP contribution in [0.25, 0.3) is 11.3 Å². The highest BCUT2D eigenvalue weighted by Gasteiger charge is 2.27. The molecule has 0 saturated carbocycles. The summed E-state index contributed by atoms with van der Waals surface area (Å²) < 4.78 is 15.5. The van der Waals surface area contributed by atoms with E-state index in [-0.39, 0.29) is 27.8 Å². The van der Waals surface area contributed by atoms with Gasteiger partial charge in [0.15, 0.2) is 5.76 Å². The third-order valence-corrected chi connectivity index (χ3v) is 5.62. The molecule has 0 fully saturated rings. The van der Waals surface area contributed by atoms with Gasteiger partial charge in [-0.1, -0.05) is 11.6 Å². The Morgan fingerprint density at radius 3 is 2.43 bits per heavy atom. The van der Waals surface area contributed by atoms with Gasteiger partial charge < -0.3 is 19.2 Å².